The molecule has 2 atom stereocenters. The minimum atomic E-state index is 0.880. The SMILES string of the molecule is Cc1oncc1CN1CC2CN(C)CC2C1. The van der Waals surface area contributed by atoms with E-state index in [9.17, 15) is 0 Å². The first-order valence-corrected chi connectivity index (χ1v) is 6.03. The second-order valence-corrected chi connectivity index (χ2v) is 5.34. The van der Waals surface area contributed by atoms with Crippen molar-refractivity contribution < 1.29 is 4.52 Å². The molecule has 0 N–H and O–H groups in total. The van der Waals surface area contributed by atoms with E-state index in [0.717, 1.165) is 24.1 Å². The van der Waals surface area contributed by atoms with E-state index in [1.807, 2.05) is 13.1 Å². The van der Waals surface area contributed by atoms with Crippen molar-refractivity contribution in [1.29, 1.82) is 0 Å². The zero-order valence-corrected chi connectivity index (χ0v) is 10.0. The predicted molar refractivity (Wildman–Crippen MR) is 61.0 cm³/mol. The van der Waals surface area contributed by atoms with Crippen molar-refractivity contribution in [3.05, 3.63) is 17.5 Å². The molecule has 0 saturated carbocycles. The first-order chi connectivity index (χ1) is 7.72. The average Bonchev–Trinajstić information content (AvgIpc) is 2.83. The standard InChI is InChI=1S/C12H19N3O/c1-9-10(3-13-16-9)6-15-7-11-4-14(2)5-12(11)8-15/h3,11-12H,4-8H2,1-2H3. The van der Waals surface area contributed by atoms with Gasteiger partial charge in [0.1, 0.15) is 5.76 Å². The average molecular weight is 221 g/mol. The molecule has 2 aliphatic rings. The van der Waals surface area contributed by atoms with Crippen LogP contribution in [0.15, 0.2) is 10.7 Å². The lowest BCUT2D eigenvalue weighted by Crippen LogP contribution is -2.26. The van der Waals surface area contributed by atoms with E-state index in [1.54, 1.807) is 0 Å². The molecule has 4 heteroatoms. The first-order valence-electron chi connectivity index (χ1n) is 6.03. The summed E-state index contributed by atoms with van der Waals surface area (Å²) in [5.74, 6) is 2.73. The maximum Gasteiger partial charge on any atom is 0.138 e. The molecule has 2 aliphatic heterocycles. The normalized spacial score (nSPS) is 31.1. The molecular formula is C12H19N3O. The summed E-state index contributed by atoms with van der Waals surface area (Å²) in [6.07, 6.45) is 1.86. The van der Waals surface area contributed by atoms with Crippen LogP contribution in [-0.4, -0.2) is 48.2 Å². The molecule has 0 aliphatic carbocycles. The van der Waals surface area contributed by atoms with Crippen molar-refractivity contribution in [3.8, 4) is 0 Å². The van der Waals surface area contributed by atoms with Gasteiger partial charge in [0.2, 0.25) is 0 Å². The number of aromatic nitrogens is 1. The predicted octanol–water partition coefficient (Wildman–Crippen LogP) is 0.976. The third-order valence-electron chi connectivity index (χ3n) is 3.99. The number of fused-ring (bicyclic) bond motifs is 1. The van der Waals surface area contributed by atoms with Crippen molar-refractivity contribution in [1.82, 2.24) is 15.0 Å². The molecular weight excluding hydrogens is 202 g/mol. The van der Waals surface area contributed by atoms with E-state index < -0.39 is 0 Å². The lowest BCUT2D eigenvalue weighted by molar-refractivity contribution is 0.270. The monoisotopic (exact) mass is 221 g/mol. The van der Waals surface area contributed by atoms with Gasteiger partial charge in [0.25, 0.3) is 0 Å². The Kier molecular flexibility index (Phi) is 2.48. The summed E-state index contributed by atoms with van der Waals surface area (Å²) in [7, 11) is 2.23. The van der Waals surface area contributed by atoms with Crippen molar-refractivity contribution in [2.75, 3.05) is 33.2 Å². The summed E-state index contributed by atoms with van der Waals surface area (Å²) in [5, 5.41) is 3.84. The van der Waals surface area contributed by atoms with Gasteiger partial charge in [-0.3, -0.25) is 4.90 Å². The molecule has 0 amide bonds. The molecule has 0 spiro atoms. The lowest BCUT2D eigenvalue weighted by atomic mass is 10.0. The van der Waals surface area contributed by atoms with Gasteiger partial charge in [-0.2, -0.15) is 0 Å². The molecule has 1 aromatic heterocycles. The Balaban J connectivity index is 1.62. The molecule has 16 heavy (non-hydrogen) atoms. The van der Waals surface area contributed by atoms with E-state index in [0.29, 0.717) is 0 Å². The van der Waals surface area contributed by atoms with Crippen LogP contribution in [0.5, 0.6) is 0 Å². The van der Waals surface area contributed by atoms with E-state index >= 15 is 0 Å². The summed E-state index contributed by atoms with van der Waals surface area (Å²) in [6, 6.07) is 0. The summed E-state index contributed by atoms with van der Waals surface area (Å²) in [5.41, 5.74) is 1.24. The number of hydrogen-bond donors (Lipinski definition) is 0. The summed E-state index contributed by atoms with van der Waals surface area (Å²) < 4.78 is 5.10. The Morgan fingerprint density at radius 1 is 1.31 bits per heavy atom. The van der Waals surface area contributed by atoms with Crippen molar-refractivity contribution in [2.24, 2.45) is 11.8 Å². The van der Waals surface area contributed by atoms with Crippen LogP contribution in [0.3, 0.4) is 0 Å². The van der Waals surface area contributed by atoms with Crippen LogP contribution >= 0.6 is 0 Å². The number of nitrogens with zero attached hydrogens (tertiary/aromatic N) is 3. The molecule has 2 saturated heterocycles. The third-order valence-corrected chi connectivity index (χ3v) is 3.99. The molecule has 3 rings (SSSR count). The zero-order chi connectivity index (χ0) is 11.1. The fourth-order valence-electron chi connectivity index (χ4n) is 3.17. The number of hydrogen-bond acceptors (Lipinski definition) is 4. The Bertz CT molecular complexity index is 362. The van der Waals surface area contributed by atoms with Crippen LogP contribution in [0, 0.1) is 18.8 Å². The molecule has 88 valence electrons. The Hall–Kier alpha value is -0.870. The molecule has 0 aromatic carbocycles. The summed E-state index contributed by atoms with van der Waals surface area (Å²) in [6.45, 7) is 8.01. The fraction of sp³-hybridized carbons (Fsp3) is 0.750. The van der Waals surface area contributed by atoms with Crippen LogP contribution in [0.4, 0.5) is 0 Å². The smallest absolute Gasteiger partial charge is 0.138 e. The van der Waals surface area contributed by atoms with Crippen molar-refractivity contribution >= 4 is 0 Å². The quantitative estimate of drug-likeness (QED) is 0.745. The molecule has 2 unspecified atom stereocenters. The Morgan fingerprint density at radius 3 is 2.56 bits per heavy atom. The van der Waals surface area contributed by atoms with Gasteiger partial charge in [-0.15, -0.1) is 0 Å². The minimum Gasteiger partial charge on any atom is -0.361 e. The maximum absolute atomic E-state index is 5.10. The lowest BCUT2D eigenvalue weighted by Gasteiger charge is -2.18. The van der Waals surface area contributed by atoms with Crippen molar-refractivity contribution in [2.45, 2.75) is 13.5 Å². The number of rotatable bonds is 2. The van der Waals surface area contributed by atoms with Crippen LogP contribution in [0.2, 0.25) is 0 Å². The van der Waals surface area contributed by atoms with Gasteiger partial charge in [-0.05, 0) is 25.8 Å². The summed E-state index contributed by atoms with van der Waals surface area (Å²) in [4.78, 5) is 5.00. The number of aryl methyl sites for hydroxylation is 1. The fourth-order valence-corrected chi connectivity index (χ4v) is 3.17. The minimum absolute atomic E-state index is 0.880. The van der Waals surface area contributed by atoms with Gasteiger partial charge in [0.15, 0.2) is 0 Å². The third kappa shape index (κ3) is 1.76. The van der Waals surface area contributed by atoms with E-state index in [-0.39, 0.29) is 0 Å². The van der Waals surface area contributed by atoms with E-state index in [2.05, 4.69) is 22.0 Å². The van der Waals surface area contributed by atoms with E-state index in [4.69, 9.17) is 4.52 Å². The topological polar surface area (TPSA) is 32.5 Å². The highest BCUT2D eigenvalue weighted by Crippen LogP contribution is 2.31. The Labute approximate surface area is 96.2 Å². The maximum atomic E-state index is 5.10. The van der Waals surface area contributed by atoms with Gasteiger partial charge < -0.3 is 9.42 Å². The van der Waals surface area contributed by atoms with Gasteiger partial charge in [0, 0.05) is 38.3 Å². The van der Waals surface area contributed by atoms with Gasteiger partial charge in [-0.1, -0.05) is 5.16 Å². The highest BCUT2D eigenvalue weighted by atomic mass is 16.5. The summed E-state index contributed by atoms with van der Waals surface area (Å²) >= 11 is 0. The van der Waals surface area contributed by atoms with Crippen molar-refractivity contribution in [3.63, 3.8) is 0 Å². The van der Waals surface area contributed by atoms with Crippen LogP contribution in [-0.2, 0) is 6.54 Å². The second-order valence-electron chi connectivity index (χ2n) is 5.34. The molecule has 2 fully saturated rings. The molecule has 4 nitrogen and oxygen atoms in total. The molecule has 1 aromatic rings. The first kappa shape index (κ1) is 10.3. The molecule has 0 radical (unpaired) electrons. The largest absolute Gasteiger partial charge is 0.361 e. The van der Waals surface area contributed by atoms with E-state index in [1.165, 1.54) is 31.7 Å². The highest BCUT2D eigenvalue weighted by molar-refractivity contribution is 5.11. The molecule has 0 bridgehead atoms. The molecule has 3 heterocycles. The van der Waals surface area contributed by atoms with Crippen LogP contribution in [0.25, 0.3) is 0 Å². The van der Waals surface area contributed by atoms with Crippen LogP contribution in [0.1, 0.15) is 11.3 Å². The van der Waals surface area contributed by atoms with Crippen LogP contribution < -0.4 is 0 Å². The second kappa shape index (κ2) is 3.86. The zero-order valence-electron chi connectivity index (χ0n) is 10.0. The number of likely N-dealkylation sites (tertiary alicyclic amines) is 2. The van der Waals surface area contributed by atoms with Gasteiger partial charge in [-0.25, -0.2) is 0 Å². The van der Waals surface area contributed by atoms with Gasteiger partial charge >= 0.3 is 0 Å². The van der Waals surface area contributed by atoms with Gasteiger partial charge in [0.05, 0.1) is 6.20 Å². The highest BCUT2D eigenvalue weighted by Gasteiger charge is 2.38. The Morgan fingerprint density at radius 2 is 2.00 bits per heavy atom.